The van der Waals surface area contributed by atoms with E-state index in [0.717, 1.165) is 5.56 Å². The maximum Gasteiger partial charge on any atom is 0.292 e. The van der Waals surface area contributed by atoms with E-state index in [2.05, 4.69) is 5.32 Å². The van der Waals surface area contributed by atoms with Gasteiger partial charge in [0.15, 0.2) is 0 Å². The number of carbonyl (C=O) groups is 1. The van der Waals surface area contributed by atoms with Gasteiger partial charge in [0, 0.05) is 51.0 Å². The van der Waals surface area contributed by atoms with Crippen molar-refractivity contribution in [1.82, 2.24) is 10.2 Å². The molecule has 1 N–H and O–H groups in total. The highest BCUT2D eigenvalue weighted by Crippen LogP contribution is 2.32. The zero-order chi connectivity index (χ0) is 22.6. The van der Waals surface area contributed by atoms with Gasteiger partial charge in [-0.25, -0.2) is 4.39 Å². The molecule has 0 spiro atoms. The maximum absolute atomic E-state index is 13.4. The fraction of sp³-hybridized carbons (Fsp3) is 0.435. The fourth-order valence-corrected chi connectivity index (χ4v) is 4.50. The fourth-order valence-electron chi connectivity index (χ4n) is 4.50. The number of ether oxygens (including phenoxy) is 1. The standard InChI is InChI=1S/C23H27FN4O4/c24-19-7-5-18(6-8-19)23(9-15-32-16-10-23)25-17-22(29)27-13-11-26(12-14-27)20-3-1-2-4-21(20)28(30)31/h1-8,25H,9-17H2. The van der Waals surface area contributed by atoms with Crippen LogP contribution in [0.5, 0.6) is 0 Å². The van der Waals surface area contributed by atoms with E-state index < -0.39 is 5.54 Å². The third-order valence-electron chi connectivity index (χ3n) is 6.37. The lowest BCUT2D eigenvalue weighted by molar-refractivity contribution is -0.384. The van der Waals surface area contributed by atoms with Gasteiger partial charge in [-0.3, -0.25) is 20.2 Å². The molecule has 0 saturated carbocycles. The Morgan fingerprint density at radius 3 is 2.38 bits per heavy atom. The molecule has 2 heterocycles. The predicted molar refractivity (Wildman–Crippen MR) is 118 cm³/mol. The van der Waals surface area contributed by atoms with Crippen LogP contribution in [0.2, 0.25) is 0 Å². The first-order valence-corrected chi connectivity index (χ1v) is 10.8. The van der Waals surface area contributed by atoms with Gasteiger partial charge in [-0.1, -0.05) is 24.3 Å². The van der Waals surface area contributed by atoms with Gasteiger partial charge in [0.1, 0.15) is 11.5 Å². The Hall–Kier alpha value is -3.04. The van der Waals surface area contributed by atoms with Crippen molar-refractivity contribution in [2.24, 2.45) is 0 Å². The summed E-state index contributed by atoms with van der Waals surface area (Å²) >= 11 is 0. The Labute approximate surface area is 186 Å². The van der Waals surface area contributed by atoms with Gasteiger partial charge >= 0.3 is 0 Å². The molecule has 2 aromatic rings. The van der Waals surface area contributed by atoms with Crippen LogP contribution in [-0.2, 0) is 15.1 Å². The van der Waals surface area contributed by atoms with Crippen LogP contribution in [0.3, 0.4) is 0 Å². The molecule has 2 aromatic carbocycles. The Morgan fingerprint density at radius 2 is 1.72 bits per heavy atom. The highest BCUT2D eigenvalue weighted by atomic mass is 19.1. The van der Waals surface area contributed by atoms with E-state index in [1.54, 1.807) is 35.2 Å². The molecule has 32 heavy (non-hydrogen) atoms. The van der Waals surface area contributed by atoms with Crippen molar-refractivity contribution in [1.29, 1.82) is 0 Å². The summed E-state index contributed by atoms with van der Waals surface area (Å²) in [4.78, 5) is 27.6. The van der Waals surface area contributed by atoms with E-state index in [1.807, 2.05) is 4.90 Å². The molecule has 2 fully saturated rings. The Bertz CT molecular complexity index is 955. The molecule has 8 nitrogen and oxygen atoms in total. The van der Waals surface area contributed by atoms with E-state index >= 15 is 0 Å². The van der Waals surface area contributed by atoms with E-state index in [-0.39, 0.29) is 28.9 Å². The Balaban J connectivity index is 1.37. The van der Waals surface area contributed by atoms with Crippen LogP contribution < -0.4 is 10.2 Å². The second-order valence-electron chi connectivity index (χ2n) is 8.17. The quantitative estimate of drug-likeness (QED) is 0.547. The number of nitrogens with zero attached hydrogens (tertiary/aromatic N) is 3. The summed E-state index contributed by atoms with van der Waals surface area (Å²) < 4.78 is 18.9. The number of anilines is 1. The molecule has 2 aliphatic rings. The van der Waals surface area contributed by atoms with Crippen molar-refractivity contribution < 1.29 is 18.8 Å². The number of carbonyl (C=O) groups excluding carboxylic acids is 1. The first kappa shape index (κ1) is 22.2. The van der Waals surface area contributed by atoms with Crippen LogP contribution in [0, 0.1) is 15.9 Å². The minimum Gasteiger partial charge on any atom is -0.381 e. The summed E-state index contributed by atoms with van der Waals surface area (Å²) in [6.45, 7) is 3.39. The van der Waals surface area contributed by atoms with Crippen molar-refractivity contribution in [3.8, 4) is 0 Å². The number of para-hydroxylation sites is 2. The van der Waals surface area contributed by atoms with Gasteiger partial charge in [-0.05, 0) is 36.6 Å². The maximum atomic E-state index is 13.4. The van der Waals surface area contributed by atoms with E-state index in [9.17, 15) is 19.3 Å². The lowest BCUT2D eigenvalue weighted by atomic mass is 9.82. The Kier molecular flexibility index (Phi) is 6.66. The molecular weight excluding hydrogens is 415 g/mol. The summed E-state index contributed by atoms with van der Waals surface area (Å²) in [5.41, 5.74) is 1.19. The first-order valence-electron chi connectivity index (χ1n) is 10.8. The highest BCUT2D eigenvalue weighted by Gasteiger charge is 2.35. The molecule has 1 amide bonds. The number of rotatable bonds is 6. The number of halogens is 1. The SMILES string of the molecule is O=C(CNC1(c2ccc(F)cc2)CCOCC1)N1CCN(c2ccccc2[N+](=O)[O-])CC1. The van der Waals surface area contributed by atoms with Gasteiger partial charge in [0.05, 0.1) is 11.5 Å². The number of nitro benzene ring substituents is 1. The van der Waals surface area contributed by atoms with E-state index in [0.29, 0.717) is 57.9 Å². The third kappa shape index (κ3) is 4.73. The van der Waals surface area contributed by atoms with Gasteiger partial charge in [-0.2, -0.15) is 0 Å². The number of hydrogen-bond acceptors (Lipinski definition) is 6. The van der Waals surface area contributed by atoms with Crippen molar-refractivity contribution in [3.63, 3.8) is 0 Å². The summed E-state index contributed by atoms with van der Waals surface area (Å²) in [5.74, 6) is -0.302. The van der Waals surface area contributed by atoms with Gasteiger partial charge in [-0.15, -0.1) is 0 Å². The summed E-state index contributed by atoms with van der Waals surface area (Å²) in [6.07, 6.45) is 1.41. The summed E-state index contributed by atoms with van der Waals surface area (Å²) in [5, 5.41) is 14.8. The van der Waals surface area contributed by atoms with Gasteiger partial charge < -0.3 is 14.5 Å². The Morgan fingerprint density at radius 1 is 1.06 bits per heavy atom. The molecule has 0 aromatic heterocycles. The predicted octanol–water partition coefficient (Wildman–Crippen LogP) is 2.68. The molecule has 0 atom stereocenters. The number of hydrogen-bond donors (Lipinski definition) is 1. The molecular formula is C23H27FN4O4. The zero-order valence-corrected chi connectivity index (χ0v) is 17.8. The largest absolute Gasteiger partial charge is 0.381 e. The molecule has 0 aliphatic carbocycles. The minimum absolute atomic E-state index is 0.0137. The topological polar surface area (TPSA) is 88.0 Å². The first-order chi connectivity index (χ1) is 15.5. The third-order valence-corrected chi connectivity index (χ3v) is 6.37. The second-order valence-corrected chi connectivity index (χ2v) is 8.17. The minimum atomic E-state index is -0.423. The summed E-state index contributed by atoms with van der Waals surface area (Å²) in [7, 11) is 0. The molecule has 170 valence electrons. The number of amides is 1. The smallest absolute Gasteiger partial charge is 0.292 e. The lowest BCUT2D eigenvalue weighted by Crippen LogP contribution is -2.54. The highest BCUT2D eigenvalue weighted by molar-refractivity contribution is 5.79. The molecule has 2 saturated heterocycles. The lowest BCUT2D eigenvalue weighted by Gasteiger charge is -2.40. The summed E-state index contributed by atoms with van der Waals surface area (Å²) in [6, 6.07) is 13.1. The number of nitrogens with one attached hydrogen (secondary N) is 1. The van der Waals surface area contributed by atoms with Crippen LogP contribution in [0.4, 0.5) is 15.8 Å². The number of nitro groups is 1. The second kappa shape index (κ2) is 9.62. The van der Waals surface area contributed by atoms with Crippen molar-refractivity contribution in [2.45, 2.75) is 18.4 Å². The van der Waals surface area contributed by atoms with Crippen molar-refractivity contribution >= 4 is 17.3 Å². The van der Waals surface area contributed by atoms with Gasteiger partial charge in [0.2, 0.25) is 5.91 Å². The average molecular weight is 442 g/mol. The average Bonchev–Trinajstić information content (AvgIpc) is 2.83. The molecule has 0 unspecified atom stereocenters. The van der Waals surface area contributed by atoms with E-state index in [4.69, 9.17) is 4.74 Å². The number of piperazine rings is 1. The van der Waals surface area contributed by atoms with Crippen molar-refractivity contribution in [3.05, 3.63) is 70.0 Å². The molecule has 4 rings (SSSR count). The van der Waals surface area contributed by atoms with E-state index in [1.165, 1.54) is 18.2 Å². The molecule has 0 bridgehead atoms. The zero-order valence-electron chi connectivity index (χ0n) is 17.8. The molecule has 2 aliphatic heterocycles. The van der Waals surface area contributed by atoms with Crippen molar-refractivity contribution in [2.75, 3.05) is 50.8 Å². The molecule has 9 heteroatoms. The number of benzene rings is 2. The van der Waals surface area contributed by atoms with Crippen LogP contribution in [0.1, 0.15) is 18.4 Å². The molecule has 0 radical (unpaired) electrons. The van der Waals surface area contributed by atoms with Crippen LogP contribution in [0.25, 0.3) is 0 Å². The normalized spacial score (nSPS) is 18.4. The van der Waals surface area contributed by atoms with Gasteiger partial charge in [0.25, 0.3) is 5.69 Å². The van der Waals surface area contributed by atoms with Crippen LogP contribution in [-0.4, -0.2) is 61.7 Å². The monoisotopic (exact) mass is 442 g/mol. The van der Waals surface area contributed by atoms with Crippen LogP contribution in [0.15, 0.2) is 48.5 Å². The van der Waals surface area contributed by atoms with Crippen LogP contribution >= 0.6 is 0 Å².